The Morgan fingerprint density at radius 1 is 1.21 bits per heavy atom. The van der Waals surface area contributed by atoms with Gasteiger partial charge in [-0.15, -0.1) is 0 Å². The maximum absolute atomic E-state index is 11.5. The smallest absolute Gasteiger partial charge is 0.411 e. The Labute approximate surface area is 175 Å². The Bertz CT molecular complexity index is 967. The third-order valence-corrected chi connectivity index (χ3v) is 4.70. The summed E-state index contributed by atoms with van der Waals surface area (Å²) in [6, 6.07) is 14.5. The first-order chi connectivity index (χ1) is 13.8. The van der Waals surface area contributed by atoms with Gasteiger partial charge in [-0.25, -0.2) is 4.79 Å². The Morgan fingerprint density at radius 3 is 2.55 bits per heavy atom. The number of amides is 1. The summed E-state index contributed by atoms with van der Waals surface area (Å²) in [7, 11) is 1.32. The van der Waals surface area contributed by atoms with Crippen LogP contribution in [0.2, 0.25) is 0 Å². The van der Waals surface area contributed by atoms with E-state index in [-0.39, 0.29) is 11.6 Å². The molecule has 1 aliphatic heterocycles. The van der Waals surface area contributed by atoms with Gasteiger partial charge in [-0.1, -0.05) is 0 Å². The molecule has 8 heteroatoms. The predicted molar refractivity (Wildman–Crippen MR) is 115 cm³/mol. The summed E-state index contributed by atoms with van der Waals surface area (Å²) in [6.45, 7) is 4.03. The number of rotatable bonds is 3. The Balaban J connectivity index is 1.78. The molecule has 1 amide bonds. The normalized spacial score (nSPS) is 16.4. The number of carbonyl (C=O) groups excluding carboxylic acids is 1. The van der Waals surface area contributed by atoms with E-state index in [2.05, 4.69) is 26.8 Å². The number of benzene rings is 2. The zero-order chi connectivity index (χ0) is 21.0. The first kappa shape index (κ1) is 20.4. The fraction of sp³-hybridized carbons (Fsp3) is 0.286. The average Bonchev–Trinajstić information content (AvgIpc) is 2.68. The van der Waals surface area contributed by atoms with Gasteiger partial charge < -0.3 is 20.1 Å². The number of nitriles is 1. The number of nitrogens with one attached hydrogen (secondary N) is 3. The lowest BCUT2D eigenvalue weighted by atomic mass is 9.89. The van der Waals surface area contributed by atoms with Crippen molar-refractivity contribution in [3.8, 4) is 11.8 Å². The summed E-state index contributed by atoms with van der Waals surface area (Å²) in [4.78, 5) is 11.5. The van der Waals surface area contributed by atoms with Crippen molar-refractivity contribution >= 4 is 34.8 Å². The first-order valence-electron chi connectivity index (χ1n) is 9.05. The van der Waals surface area contributed by atoms with Gasteiger partial charge in [-0.05, 0) is 68.5 Å². The molecular formula is C21H22N4O3S. The number of ether oxygens (including phenoxy) is 2. The Kier molecular flexibility index (Phi) is 5.89. The van der Waals surface area contributed by atoms with Crippen LogP contribution >= 0.6 is 12.2 Å². The van der Waals surface area contributed by atoms with E-state index >= 15 is 0 Å². The van der Waals surface area contributed by atoms with Crippen LogP contribution in [-0.2, 0) is 4.74 Å². The minimum Gasteiger partial charge on any atom is -0.487 e. The summed E-state index contributed by atoms with van der Waals surface area (Å²) < 4.78 is 10.7. The number of fused-ring (bicyclic) bond motifs is 1. The minimum atomic E-state index is -0.537. The van der Waals surface area contributed by atoms with E-state index in [9.17, 15) is 4.79 Å². The summed E-state index contributed by atoms with van der Waals surface area (Å²) >= 11 is 5.49. The van der Waals surface area contributed by atoms with E-state index in [1.807, 2.05) is 26.0 Å². The van der Waals surface area contributed by atoms with Crippen LogP contribution < -0.4 is 20.7 Å². The van der Waals surface area contributed by atoms with Crippen LogP contribution in [0.1, 0.15) is 37.4 Å². The van der Waals surface area contributed by atoms with Crippen molar-refractivity contribution in [2.45, 2.75) is 31.9 Å². The van der Waals surface area contributed by atoms with E-state index in [1.54, 1.807) is 30.3 Å². The third-order valence-electron chi connectivity index (χ3n) is 4.48. The van der Waals surface area contributed by atoms with Crippen LogP contribution in [0.15, 0.2) is 42.5 Å². The number of hydrogen-bond donors (Lipinski definition) is 3. The maximum atomic E-state index is 11.5. The minimum absolute atomic E-state index is 0.119. The van der Waals surface area contributed by atoms with Crippen molar-refractivity contribution in [3.05, 3.63) is 53.6 Å². The molecule has 1 aliphatic rings. The standard InChI is InChI=1S/C21H22N4O3S/c1-21(2)11-17(25-19(29)23-14-6-4-13(12-22)5-7-14)16-10-15(24-20(26)27-3)8-9-18(16)28-21/h4-10,17H,11H2,1-3H3,(H,24,26)(H2,23,25,29). The van der Waals surface area contributed by atoms with Gasteiger partial charge in [-0.3, -0.25) is 5.32 Å². The molecule has 1 unspecified atom stereocenters. The van der Waals surface area contributed by atoms with E-state index < -0.39 is 6.09 Å². The Hall–Kier alpha value is -3.31. The molecule has 0 bridgehead atoms. The summed E-state index contributed by atoms with van der Waals surface area (Å²) in [5.74, 6) is 0.732. The van der Waals surface area contributed by atoms with Crippen LogP contribution in [0.25, 0.3) is 0 Å². The highest BCUT2D eigenvalue weighted by atomic mass is 32.1. The third kappa shape index (κ3) is 5.15. The van der Waals surface area contributed by atoms with Crippen molar-refractivity contribution in [1.82, 2.24) is 5.32 Å². The van der Waals surface area contributed by atoms with Crippen LogP contribution in [-0.4, -0.2) is 23.9 Å². The maximum Gasteiger partial charge on any atom is 0.411 e. The van der Waals surface area contributed by atoms with Gasteiger partial charge in [0.05, 0.1) is 24.8 Å². The molecular weight excluding hydrogens is 388 g/mol. The molecule has 150 valence electrons. The van der Waals surface area contributed by atoms with Crippen molar-refractivity contribution in [2.24, 2.45) is 0 Å². The van der Waals surface area contributed by atoms with Crippen LogP contribution in [0.3, 0.4) is 0 Å². The fourth-order valence-electron chi connectivity index (χ4n) is 3.18. The lowest BCUT2D eigenvalue weighted by molar-refractivity contribution is 0.0697. The van der Waals surface area contributed by atoms with Crippen molar-refractivity contribution < 1.29 is 14.3 Å². The molecule has 29 heavy (non-hydrogen) atoms. The quantitative estimate of drug-likeness (QED) is 0.648. The predicted octanol–water partition coefficient (Wildman–Crippen LogP) is 4.33. The number of nitrogens with zero attached hydrogens (tertiary/aromatic N) is 1. The van der Waals surface area contributed by atoms with Crippen LogP contribution in [0.4, 0.5) is 16.2 Å². The van der Waals surface area contributed by atoms with E-state index in [1.165, 1.54) is 7.11 Å². The summed E-state index contributed by atoms with van der Waals surface area (Å²) in [6.07, 6.45) is 0.140. The molecule has 3 rings (SSSR count). The van der Waals surface area contributed by atoms with Crippen molar-refractivity contribution in [1.29, 1.82) is 5.26 Å². The van der Waals surface area contributed by atoms with E-state index in [4.69, 9.17) is 22.2 Å². The molecule has 3 N–H and O–H groups in total. The zero-order valence-corrected chi connectivity index (χ0v) is 17.2. The molecule has 0 radical (unpaired) electrons. The largest absolute Gasteiger partial charge is 0.487 e. The number of anilines is 2. The zero-order valence-electron chi connectivity index (χ0n) is 16.4. The average molecular weight is 410 g/mol. The van der Waals surface area contributed by atoms with Gasteiger partial charge in [0.15, 0.2) is 5.11 Å². The first-order valence-corrected chi connectivity index (χ1v) is 9.46. The number of methoxy groups -OCH3 is 1. The molecule has 0 saturated heterocycles. The number of thiocarbonyl (C=S) groups is 1. The van der Waals surface area contributed by atoms with E-state index in [0.29, 0.717) is 22.8 Å². The molecule has 0 aromatic heterocycles. The lowest BCUT2D eigenvalue weighted by Crippen LogP contribution is -2.42. The molecule has 0 fully saturated rings. The lowest BCUT2D eigenvalue weighted by Gasteiger charge is -2.38. The molecule has 1 atom stereocenters. The van der Waals surface area contributed by atoms with Gasteiger partial charge >= 0.3 is 6.09 Å². The van der Waals surface area contributed by atoms with Gasteiger partial charge in [0.1, 0.15) is 11.4 Å². The summed E-state index contributed by atoms with van der Waals surface area (Å²) in [5.41, 5.74) is 2.49. The van der Waals surface area contributed by atoms with Gasteiger partial charge in [0.2, 0.25) is 0 Å². The van der Waals surface area contributed by atoms with Gasteiger partial charge in [0, 0.05) is 23.4 Å². The second-order valence-corrected chi connectivity index (χ2v) is 7.68. The fourth-order valence-corrected chi connectivity index (χ4v) is 3.44. The Morgan fingerprint density at radius 2 is 1.90 bits per heavy atom. The van der Waals surface area contributed by atoms with Crippen molar-refractivity contribution in [2.75, 3.05) is 17.7 Å². The van der Waals surface area contributed by atoms with Crippen LogP contribution in [0, 0.1) is 11.3 Å². The second-order valence-electron chi connectivity index (χ2n) is 7.28. The highest BCUT2D eigenvalue weighted by Crippen LogP contribution is 2.40. The molecule has 0 saturated carbocycles. The van der Waals surface area contributed by atoms with Crippen LogP contribution in [0.5, 0.6) is 5.75 Å². The molecule has 2 aromatic rings. The van der Waals surface area contributed by atoms with Crippen molar-refractivity contribution in [3.63, 3.8) is 0 Å². The number of hydrogen-bond acceptors (Lipinski definition) is 5. The topological polar surface area (TPSA) is 95.4 Å². The SMILES string of the molecule is COC(=O)Nc1ccc2c(c1)C(NC(=S)Nc1ccc(C#N)cc1)CC(C)(C)O2. The van der Waals surface area contributed by atoms with Gasteiger partial charge in [-0.2, -0.15) is 5.26 Å². The van der Waals surface area contributed by atoms with E-state index in [0.717, 1.165) is 17.0 Å². The molecule has 1 heterocycles. The highest BCUT2D eigenvalue weighted by Gasteiger charge is 2.34. The number of carbonyl (C=O) groups is 1. The highest BCUT2D eigenvalue weighted by molar-refractivity contribution is 7.80. The molecule has 2 aromatic carbocycles. The molecule has 0 spiro atoms. The molecule has 0 aliphatic carbocycles. The second kappa shape index (κ2) is 8.37. The summed E-state index contributed by atoms with van der Waals surface area (Å²) in [5, 5.41) is 18.5. The molecule has 7 nitrogen and oxygen atoms in total. The van der Waals surface area contributed by atoms with Gasteiger partial charge in [0.25, 0.3) is 0 Å². The monoisotopic (exact) mass is 410 g/mol.